The largest absolute Gasteiger partial charge is 0.0651 e. The molecule has 0 spiro atoms. The van der Waals surface area contributed by atoms with Crippen LogP contribution in [-0.4, -0.2) is 0 Å². The van der Waals surface area contributed by atoms with Crippen LogP contribution in [0.2, 0.25) is 0 Å². The Morgan fingerprint density at radius 2 is 0.397 bits per heavy atom. The minimum Gasteiger partial charge on any atom is -0.0651 e. The molecule has 0 saturated heterocycles. The Bertz CT molecular complexity index is 4360. The summed E-state index contributed by atoms with van der Waals surface area (Å²) >= 11 is 0. The fourth-order valence-electron chi connectivity index (χ4n) is 26.7. The summed E-state index contributed by atoms with van der Waals surface area (Å²) in [5.41, 5.74) is 29.2. The molecule has 0 heteroatoms. The highest BCUT2D eigenvalue weighted by molar-refractivity contribution is 5.35. The van der Waals surface area contributed by atoms with Gasteiger partial charge in [-0.15, -0.1) is 0 Å². The van der Waals surface area contributed by atoms with E-state index >= 15 is 0 Å². The highest BCUT2D eigenvalue weighted by Crippen LogP contribution is 2.65. The Labute approximate surface area is 740 Å². The lowest BCUT2D eigenvalue weighted by atomic mass is 9.52. The van der Waals surface area contributed by atoms with Gasteiger partial charge in [0.15, 0.2) is 0 Å². The molecule has 0 radical (unpaired) electrons. The van der Waals surface area contributed by atoms with Gasteiger partial charge in [-0.3, -0.25) is 0 Å². The summed E-state index contributed by atoms with van der Waals surface area (Å²) in [4.78, 5) is 0. The molecule has 16 fully saturated rings. The molecule has 16 saturated carbocycles. The second kappa shape index (κ2) is 39.7. The van der Waals surface area contributed by atoms with Gasteiger partial charge in [0, 0.05) is 0 Å². The first-order valence-electron chi connectivity index (χ1n) is 51.3. The number of aryl methyl sites for hydroxylation is 6. The van der Waals surface area contributed by atoms with Gasteiger partial charge in [0.1, 0.15) is 0 Å². The van der Waals surface area contributed by atoms with Crippen LogP contribution in [0.5, 0.6) is 0 Å². The minimum absolute atomic E-state index is 0.619. The molecule has 0 amide bonds. The molecule has 24 rings (SSSR count). The second-order valence-corrected chi connectivity index (χ2v) is 44.8. The number of benzene rings is 8. The monoisotopic (exact) mass is 1620 g/mol. The maximum atomic E-state index is 2.51. The van der Waals surface area contributed by atoms with Crippen molar-refractivity contribution >= 4 is 0 Å². The van der Waals surface area contributed by atoms with Crippen LogP contribution < -0.4 is 0 Å². The number of hydrogen-bond donors (Lipinski definition) is 0. The van der Waals surface area contributed by atoms with Crippen molar-refractivity contribution in [1.29, 1.82) is 0 Å². The molecule has 16 aliphatic rings. The van der Waals surface area contributed by atoms with Gasteiger partial charge in [-0.1, -0.05) is 296 Å². The van der Waals surface area contributed by atoms with Gasteiger partial charge in [0.2, 0.25) is 0 Å². The molecule has 8 aromatic carbocycles. The van der Waals surface area contributed by atoms with Gasteiger partial charge in [0.25, 0.3) is 0 Å². The van der Waals surface area contributed by atoms with E-state index in [9.17, 15) is 0 Å². The molecule has 0 aromatic heterocycles. The highest BCUT2D eigenvalue weighted by Gasteiger charge is 2.56. The van der Waals surface area contributed by atoms with E-state index in [0.717, 1.165) is 110 Å². The summed E-state index contributed by atoms with van der Waals surface area (Å²) in [7, 11) is 0. The molecule has 16 aliphatic carbocycles. The first-order chi connectivity index (χ1) is 58.6. The fourth-order valence-corrected chi connectivity index (χ4v) is 26.7. The molecule has 4 atom stereocenters. The van der Waals surface area contributed by atoms with Gasteiger partial charge < -0.3 is 0 Å². The fraction of sp³-hybridized carbons (Fsp3) is 0.603. The van der Waals surface area contributed by atoms with Gasteiger partial charge in [-0.25, -0.2) is 0 Å². The molecule has 0 N–H and O–H groups in total. The first-order valence-corrected chi connectivity index (χ1v) is 51.3. The Morgan fingerprint density at radius 3 is 0.603 bits per heavy atom. The molecule has 650 valence electrons. The molecule has 121 heavy (non-hydrogen) atoms. The van der Waals surface area contributed by atoms with Crippen LogP contribution in [0.15, 0.2) is 194 Å². The molecule has 8 aromatic rings. The summed E-state index contributed by atoms with van der Waals surface area (Å²) in [6.45, 7) is 28.0. The molecule has 4 unspecified atom stereocenters. The Hall–Kier alpha value is -6.24. The van der Waals surface area contributed by atoms with Gasteiger partial charge >= 0.3 is 0 Å². The zero-order chi connectivity index (χ0) is 84.3. The van der Waals surface area contributed by atoms with Crippen LogP contribution in [0.1, 0.15) is 371 Å². The van der Waals surface area contributed by atoms with E-state index in [4.69, 9.17) is 0 Å². The summed E-state index contributed by atoms with van der Waals surface area (Å²) in [6, 6.07) is 74.7. The molecule has 0 nitrogen and oxygen atoms in total. The normalized spacial score (nSPS) is 31.9. The van der Waals surface area contributed by atoms with Crippen LogP contribution in [0, 0.1) is 90.7 Å². The Balaban J connectivity index is 0.000000114. The van der Waals surface area contributed by atoms with Crippen LogP contribution >= 0.6 is 0 Å². The van der Waals surface area contributed by atoms with Crippen molar-refractivity contribution in [3.05, 3.63) is 283 Å². The summed E-state index contributed by atoms with van der Waals surface area (Å²) in [5, 5.41) is 0. The predicted octanol–water partition coefficient (Wildman–Crippen LogP) is 33.1. The Kier molecular flexibility index (Phi) is 29.4. The average molecular weight is 1620 g/mol. The third-order valence-corrected chi connectivity index (χ3v) is 37.0. The van der Waals surface area contributed by atoms with Crippen molar-refractivity contribution in [3.8, 4) is 0 Å². The quantitative estimate of drug-likeness (QED) is 0.0535. The lowest BCUT2D eigenvalue weighted by molar-refractivity contribution is -0.0109. The molecule has 0 heterocycles. The van der Waals surface area contributed by atoms with Gasteiger partial charge in [-0.05, 0) is 449 Å². The van der Waals surface area contributed by atoms with E-state index in [-0.39, 0.29) is 0 Å². The predicted molar refractivity (Wildman–Crippen MR) is 520 cm³/mol. The summed E-state index contributed by atoms with van der Waals surface area (Å²) in [6.07, 6.45) is 62.5. The van der Waals surface area contributed by atoms with Crippen molar-refractivity contribution in [2.45, 2.75) is 372 Å². The smallest absolute Gasteiger partial charge is 0.00258 e. The second-order valence-electron chi connectivity index (χ2n) is 44.8. The zero-order valence-electron chi connectivity index (χ0n) is 78.9. The molecule has 8 bridgehead atoms. The van der Waals surface area contributed by atoms with Crippen LogP contribution in [-0.2, 0) is 89.9 Å². The third-order valence-electron chi connectivity index (χ3n) is 37.0. The maximum absolute atomic E-state index is 2.51. The van der Waals surface area contributed by atoms with E-state index in [2.05, 4.69) is 277 Å². The van der Waals surface area contributed by atoms with Crippen LogP contribution in [0.4, 0.5) is 0 Å². The van der Waals surface area contributed by atoms with Crippen molar-refractivity contribution < 1.29 is 0 Å². The van der Waals surface area contributed by atoms with Crippen LogP contribution in [0.3, 0.4) is 0 Å². The minimum atomic E-state index is 0.619. The third kappa shape index (κ3) is 22.8. The van der Waals surface area contributed by atoms with Crippen molar-refractivity contribution in [3.63, 3.8) is 0 Å². The van der Waals surface area contributed by atoms with E-state index < -0.39 is 0 Å². The van der Waals surface area contributed by atoms with E-state index in [0.29, 0.717) is 32.5 Å². The summed E-state index contributed by atoms with van der Waals surface area (Å²) < 4.78 is 0. The van der Waals surface area contributed by atoms with Gasteiger partial charge in [0.05, 0.1) is 0 Å². The summed E-state index contributed by atoms with van der Waals surface area (Å²) in [5.74, 6) is 8.48. The zero-order valence-corrected chi connectivity index (χ0v) is 78.9. The molecule has 0 aliphatic heterocycles. The standard InChI is InChI=1S/C26H34.C25H32.C19H28.C18H26.C17H24.C16H22/c1-3-21-5-7-22(8-6-21)19-23-9-11-24(12-10-23)20-26-16-13-25(4-2,14-17-26)15-18-26;1-3-20-4-6-21(7-5-20)18-22-8-10-23(11-9-22)19-25-15-12-24(2,13-16-25)14-17-25;1-3-16-5-7-17(8-6-16)15-19-12-9-18(4-2,10-13-19)11-14-19;1-3-15-4-6-16(7-5-15)14-18-11-8-17(2,9-12-18)10-13-18;1-3-12-5-7-14(8-6-12)11-17-15-9-13(4-2)10-16(15)17;1-3-12-4-6-13(7-5-12)10-16-14-8-11(2)9-15(14)16/h5-12H,3-4,13-20H2,1-2H3;4-11H,3,12-19H2,1-2H3;5-8H,3-4,9-15H2,1-2H3;4-7H,3,8-14H2,1-2H3;5-8,13,15-17H,3-4,9-11H2,1-2H3;4-7,11,14-16H,3,8-10H2,1-2H3. The number of rotatable bonds is 25. The van der Waals surface area contributed by atoms with Crippen molar-refractivity contribution in [1.82, 2.24) is 0 Å². The van der Waals surface area contributed by atoms with Crippen molar-refractivity contribution in [2.75, 3.05) is 0 Å². The Morgan fingerprint density at radius 1 is 0.215 bits per heavy atom. The lowest BCUT2D eigenvalue weighted by Gasteiger charge is -2.53. The molecular formula is C121H166. The van der Waals surface area contributed by atoms with Gasteiger partial charge in [-0.2, -0.15) is 0 Å². The maximum Gasteiger partial charge on any atom is -0.00258 e. The van der Waals surface area contributed by atoms with E-state index in [1.54, 1.807) is 33.4 Å². The highest BCUT2D eigenvalue weighted by atomic mass is 14.6. The number of hydrogen-bond acceptors (Lipinski definition) is 0. The van der Waals surface area contributed by atoms with E-state index in [1.165, 1.54) is 293 Å². The topological polar surface area (TPSA) is 0 Å². The van der Waals surface area contributed by atoms with E-state index in [1.807, 2.05) is 0 Å². The SMILES string of the molecule is CCc1ccc(CC23CCC(C)(CC2)CC3)cc1.CCc1ccc(CC23CCC(CC)(CC2)CC3)cc1.CCc1ccc(CC2C3CC(C)CC23)cc1.CCc1ccc(CC2C3CC(CC)CC23)cc1.CCc1ccc(Cc2ccc(CC34CCC(C)(CC3)CC4)cc2)cc1.CCc1ccc(Cc2ccc(CC34CCC(CC)(CC3)CC4)cc2)cc1. The average Bonchev–Trinajstić information content (AvgIpc) is 1.65. The first kappa shape index (κ1) is 89.6. The lowest BCUT2D eigenvalue weighted by Crippen LogP contribution is -2.42. The van der Waals surface area contributed by atoms with Crippen molar-refractivity contribution in [2.24, 2.45) is 90.7 Å². The number of fused-ring (bicyclic) bond motifs is 14. The van der Waals surface area contributed by atoms with Crippen LogP contribution in [0.25, 0.3) is 0 Å². The molecular weight excluding hydrogens is 1450 g/mol.